The fourth-order valence-corrected chi connectivity index (χ4v) is 0.994. The van der Waals surface area contributed by atoms with E-state index in [2.05, 4.69) is 5.10 Å². The van der Waals surface area contributed by atoms with Gasteiger partial charge in [-0.2, -0.15) is 4.39 Å². The summed E-state index contributed by atoms with van der Waals surface area (Å²) in [5.74, 6) is -0.775. The number of aromatic nitrogens is 2. The van der Waals surface area contributed by atoms with Gasteiger partial charge in [0.15, 0.2) is 0 Å². The maximum absolute atomic E-state index is 12.6. The van der Waals surface area contributed by atoms with Crippen LogP contribution in [-0.4, -0.2) is 10.0 Å². The van der Waals surface area contributed by atoms with Crippen molar-refractivity contribution in [1.82, 2.24) is 10.0 Å². The smallest absolute Gasteiger partial charge is 0.182 e. The first kappa shape index (κ1) is 6.27. The normalized spacial score (nSPS) is 10.7. The Morgan fingerprint density at radius 3 is 2.73 bits per heavy atom. The molecule has 0 fully saturated rings. The molecule has 0 aliphatic rings. The van der Waals surface area contributed by atoms with Crippen LogP contribution in [0.1, 0.15) is 0 Å². The van der Waals surface area contributed by atoms with Crippen molar-refractivity contribution in [2.24, 2.45) is 0 Å². The van der Waals surface area contributed by atoms with Gasteiger partial charge < -0.3 is 0 Å². The molecule has 2 aromatic rings. The van der Waals surface area contributed by atoms with Crippen LogP contribution in [0.2, 0.25) is 0 Å². The zero-order valence-electron chi connectivity index (χ0n) is 5.46. The van der Waals surface area contributed by atoms with E-state index in [1.165, 1.54) is 12.1 Å². The standard InChI is InChI=1S/C7H4F2N2/c8-7-5-3-1-2-4-6(5)11(9)10-7/h1-4H. The highest BCUT2D eigenvalue weighted by Crippen LogP contribution is 2.15. The third kappa shape index (κ3) is 0.790. The topological polar surface area (TPSA) is 17.8 Å². The van der Waals surface area contributed by atoms with Crippen LogP contribution < -0.4 is 0 Å². The summed E-state index contributed by atoms with van der Waals surface area (Å²) in [6, 6.07) is 6.20. The second kappa shape index (κ2) is 2.02. The van der Waals surface area contributed by atoms with Crippen LogP contribution in [0.5, 0.6) is 0 Å². The molecular weight excluding hydrogens is 150 g/mol. The second-order valence-corrected chi connectivity index (χ2v) is 2.17. The van der Waals surface area contributed by atoms with Gasteiger partial charge in [-0.25, -0.2) is 0 Å². The van der Waals surface area contributed by atoms with Crippen LogP contribution in [0, 0.1) is 5.95 Å². The number of fused-ring (bicyclic) bond motifs is 1. The van der Waals surface area contributed by atoms with Gasteiger partial charge in [0.2, 0.25) is 5.95 Å². The maximum atomic E-state index is 12.6. The molecule has 0 saturated heterocycles. The molecule has 11 heavy (non-hydrogen) atoms. The SMILES string of the molecule is Fc1nn(F)c2ccccc12. The highest BCUT2D eigenvalue weighted by molar-refractivity contribution is 5.78. The van der Waals surface area contributed by atoms with Crippen molar-refractivity contribution in [3.05, 3.63) is 30.2 Å². The lowest BCUT2D eigenvalue weighted by atomic mass is 10.3. The van der Waals surface area contributed by atoms with E-state index in [0.29, 0.717) is 0 Å². The van der Waals surface area contributed by atoms with Crippen LogP contribution in [0.15, 0.2) is 24.3 Å². The monoisotopic (exact) mass is 154 g/mol. The summed E-state index contributed by atoms with van der Waals surface area (Å²) in [6.07, 6.45) is 0. The van der Waals surface area contributed by atoms with E-state index in [1.54, 1.807) is 12.1 Å². The molecule has 0 N–H and O–H groups in total. The van der Waals surface area contributed by atoms with Crippen molar-refractivity contribution >= 4 is 10.9 Å². The Kier molecular flexibility index (Phi) is 1.15. The lowest BCUT2D eigenvalue weighted by Gasteiger charge is -1.85. The molecule has 0 unspecified atom stereocenters. The van der Waals surface area contributed by atoms with E-state index in [-0.39, 0.29) is 15.8 Å². The molecule has 1 aromatic carbocycles. The molecule has 1 heterocycles. The third-order valence-electron chi connectivity index (χ3n) is 1.50. The molecule has 0 amide bonds. The third-order valence-corrected chi connectivity index (χ3v) is 1.50. The minimum atomic E-state index is -0.775. The van der Waals surface area contributed by atoms with E-state index in [0.717, 1.165) is 0 Å². The molecule has 0 aliphatic heterocycles. The molecular formula is C7H4F2N2. The first-order chi connectivity index (χ1) is 5.29. The summed E-state index contributed by atoms with van der Waals surface area (Å²) < 4.78 is 25.2. The summed E-state index contributed by atoms with van der Waals surface area (Å²) in [7, 11) is 0. The van der Waals surface area contributed by atoms with Crippen LogP contribution >= 0.6 is 0 Å². The van der Waals surface area contributed by atoms with Gasteiger partial charge >= 0.3 is 0 Å². The molecule has 0 radical (unpaired) electrons. The van der Waals surface area contributed by atoms with E-state index < -0.39 is 5.95 Å². The Morgan fingerprint density at radius 1 is 1.27 bits per heavy atom. The fraction of sp³-hybridized carbons (Fsp3) is 0. The summed E-state index contributed by atoms with van der Waals surface area (Å²) in [5.41, 5.74) is 0.157. The number of hydrogen-bond donors (Lipinski definition) is 0. The minimum absolute atomic E-state index is 0.0324. The van der Waals surface area contributed by atoms with Gasteiger partial charge in [-0.3, -0.25) is 0 Å². The average Bonchev–Trinajstić information content (AvgIpc) is 2.30. The zero-order chi connectivity index (χ0) is 7.84. The molecule has 0 saturated carbocycles. The van der Waals surface area contributed by atoms with Crippen molar-refractivity contribution < 1.29 is 8.87 Å². The predicted octanol–water partition coefficient (Wildman–Crippen LogP) is 1.91. The average molecular weight is 154 g/mol. The Bertz CT molecular complexity index is 358. The van der Waals surface area contributed by atoms with Crippen LogP contribution in [0.25, 0.3) is 10.9 Å². The van der Waals surface area contributed by atoms with Crippen LogP contribution in [-0.2, 0) is 0 Å². The molecule has 56 valence electrons. The molecule has 4 heteroatoms. The first-order valence-electron chi connectivity index (χ1n) is 3.08. The summed E-state index contributed by atoms with van der Waals surface area (Å²) in [6.45, 7) is 0. The first-order valence-corrected chi connectivity index (χ1v) is 3.08. The van der Waals surface area contributed by atoms with Crippen LogP contribution in [0.3, 0.4) is 0 Å². The minimum Gasteiger partial charge on any atom is -0.182 e. The van der Waals surface area contributed by atoms with Gasteiger partial charge in [-0.15, -0.1) is 5.10 Å². The number of nitrogens with zero attached hydrogens (tertiary/aromatic N) is 2. The van der Waals surface area contributed by atoms with Gasteiger partial charge in [0.05, 0.1) is 5.39 Å². The van der Waals surface area contributed by atoms with E-state index in [1.807, 2.05) is 0 Å². The van der Waals surface area contributed by atoms with E-state index >= 15 is 0 Å². The zero-order valence-corrected chi connectivity index (χ0v) is 5.46. The molecule has 0 bridgehead atoms. The van der Waals surface area contributed by atoms with Crippen molar-refractivity contribution in [1.29, 1.82) is 0 Å². The highest BCUT2D eigenvalue weighted by atomic mass is 19.2. The fourth-order valence-electron chi connectivity index (χ4n) is 0.994. The molecule has 0 atom stereocenters. The van der Waals surface area contributed by atoms with Crippen molar-refractivity contribution in [2.45, 2.75) is 0 Å². The van der Waals surface area contributed by atoms with E-state index in [9.17, 15) is 8.87 Å². The van der Waals surface area contributed by atoms with Gasteiger partial charge in [-0.1, -0.05) is 21.5 Å². The maximum Gasteiger partial charge on any atom is 0.243 e. The predicted molar refractivity (Wildman–Crippen MR) is 36.2 cm³/mol. The van der Waals surface area contributed by atoms with Crippen molar-refractivity contribution in [2.75, 3.05) is 0 Å². The van der Waals surface area contributed by atoms with Crippen molar-refractivity contribution in [3.8, 4) is 0 Å². The number of para-hydroxylation sites is 1. The molecule has 0 spiro atoms. The molecule has 2 nitrogen and oxygen atoms in total. The van der Waals surface area contributed by atoms with Crippen LogP contribution in [0.4, 0.5) is 8.87 Å². The quantitative estimate of drug-likeness (QED) is 0.566. The molecule has 1 aromatic heterocycles. The molecule has 0 aliphatic carbocycles. The number of hydrogen-bond acceptors (Lipinski definition) is 1. The Morgan fingerprint density at radius 2 is 2.00 bits per heavy atom. The Balaban J connectivity index is 2.95. The summed E-state index contributed by atoms with van der Waals surface area (Å²) in [5, 5.41) is 3.18. The highest BCUT2D eigenvalue weighted by Gasteiger charge is 2.07. The summed E-state index contributed by atoms with van der Waals surface area (Å²) in [4.78, 5) is 0.0324. The Hall–Kier alpha value is -1.45. The number of benzene rings is 1. The lowest BCUT2D eigenvalue weighted by molar-refractivity contribution is 0.317. The number of halogens is 2. The van der Waals surface area contributed by atoms with Gasteiger partial charge in [0, 0.05) is 0 Å². The van der Waals surface area contributed by atoms with Crippen molar-refractivity contribution in [3.63, 3.8) is 0 Å². The second-order valence-electron chi connectivity index (χ2n) is 2.17. The largest absolute Gasteiger partial charge is 0.243 e. The van der Waals surface area contributed by atoms with Gasteiger partial charge in [-0.05, 0) is 12.1 Å². The molecule has 2 rings (SSSR count). The van der Waals surface area contributed by atoms with E-state index in [4.69, 9.17) is 0 Å². The summed E-state index contributed by atoms with van der Waals surface area (Å²) >= 11 is 0. The lowest BCUT2D eigenvalue weighted by Crippen LogP contribution is -1.82. The van der Waals surface area contributed by atoms with Gasteiger partial charge in [0.1, 0.15) is 5.52 Å². The van der Waals surface area contributed by atoms with Gasteiger partial charge in [0.25, 0.3) is 0 Å². The number of rotatable bonds is 0. The Labute approximate surface area is 61.0 Å².